The normalized spacial score (nSPS) is 17.6. The molecule has 1 aliphatic heterocycles. The van der Waals surface area contributed by atoms with Crippen LogP contribution in [0.1, 0.15) is 39.5 Å². The van der Waals surface area contributed by atoms with E-state index in [1.165, 1.54) is 29.5 Å². The standard InChI is InChI=1S/C22H31N3O3S2/c1-3-17-9-7-8-12-24(17)21(27)16-29-15-20(26)23-22-25(13-14-28-4-2)18-10-5-6-11-19(18)30-22/h5-6,10-11,17H,3-4,7-9,12-16H2,1-2H3. The van der Waals surface area contributed by atoms with Gasteiger partial charge in [-0.2, -0.15) is 4.99 Å². The first-order chi connectivity index (χ1) is 14.6. The highest BCUT2D eigenvalue weighted by atomic mass is 32.2. The van der Waals surface area contributed by atoms with Crippen LogP contribution in [0.3, 0.4) is 0 Å². The Morgan fingerprint density at radius 2 is 2.07 bits per heavy atom. The van der Waals surface area contributed by atoms with Crippen LogP contribution in [0.15, 0.2) is 29.3 Å². The number of aromatic nitrogens is 1. The summed E-state index contributed by atoms with van der Waals surface area (Å²) in [5, 5.41) is 0. The van der Waals surface area contributed by atoms with Gasteiger partial charge in [0.05, 0.1) is 28.3 Å². The van der Waals surface area contributed by atoms with E-state index in [9.17, 15) is 9.59 Å². The molecule has 2 heterocycles. The fourth-order valence-electron chi connectivity index (χ4n) is 3.82. The minimum absolute atomic E-state index is 0.146. The summed E-state index contributed by atoms with van der Waals surface area (Å²) in [4.78, 5) is 32.1. The van der Waals surface area contributed by atoms with E-state index in [4.69, 9.17) is 4.74 Å². The van der Waals surface area contributed by atoms with Crippen molar-refractivity contribution in [1.82, 2.24) is 9.47 Å². The van der Waals surface area contributed by atoms with Gasteiger partial charge in [0.15, 0.2) is 4.80 Å². The molecule has 6 nitrogen and oxygen atoms in total. The third-order valence-corrected chi connectivity index (χ3v) is 7.30. The molecule has 1 saturated heterocycles. The predicted molar refractivity (Wildman–Crippen MR) is 124 cm³/mol. The fraction of sp³-hybridized carbons (Fsp3) is 0.591. The predicted octanol–water partition coefficient (Wildman–Crippen LogP) is 3.69. The molecule has 0 saturated carbocycles. The molecule has 0 spiro atoms. The van der Waals surface area contributed by atoms with Crippen molar-refractivity contribution in [2.45, 2.75) is 52.1 Å². The topological polar surface area (TPSA) is 63.9 Å². The van der Waals surface area contributed by atoms with Gasteiger partial charge in [0.1, 0.15) is 0 Å². The van der Waals surface area contributed by atoms with E-state index in [2.05, 4.69) is 11.9 Å². The second-order valence-electron chi connectivity index (χ2n) is 7.34. The number of rotatable bonds is 9. The van der Waals surface area contributed by atoms with Crippen LogP contribution < -0.4 is 4.80 Å². The lowest BCUT2D eigenvalue weighted by molar-refractivity contribution is -0.132. The van der Waals surface area contributed by atoms with Gasteiger partial charge < -0.3 is 14.2 Å². The summed E-state index contributed by atoms with van der Waals surface area (Å²) in [6, 6.07) is 8.41. The number of hydrogen-bond acceptors (Lipinski definition) is 5. The number of para-hydroxylation sites is 1. The van der Waals surface area contributed by atoms with Crippen molar-refractivity contribution in [3.63, 3.8) is 0 Å². The molecule has 164 valence electrons. The van der Waals surface area contributed by atoms with Crippen molar-refractivity contribution >= 4 is 45.1 Å². The van der Waals surface area contributed by atoms with Crippen molar-refractivity contribution in [2.24, 2.45) is 4.99 Å². The lowest BCUT2D eigenvalue weighted by atomic mass is 10.0. The highest BCUT2D eigenvalue weighted by Crippen LogP contribution is 2.21. The first kappa shape index (κ1) is 23.0. The number of hydrogen-bond donors (Lipinski definition) is 0. The lowest BCUT2D eigenvalue weighted by Gasteiger charge is -2.35. The van der Waals surface area contributed by atoms with Crippen molar-refractivity contribution in [3.8, 4) is 0 Å². The van der Waals surface area contributed by atoms with Gasteiger partial charge in [-0.25, -0.2) is 0 Å². The van der Waals surface area contributed by atoms with Gasteiger partial charge in [-0.05, 0) is 44.7 Å². The Labute approximate surface area is 186 Å². The number of nitrogens with zero attached hydrogens (tertiary/aromatic N) is 3. The molecule has 0 N–H and O–H groups in total. The number of carbonyl (C=O) groups is 2. The van der Waals surface area contributed by atoms with Gasteiger partial charge >= 0.3 is 0 Å². The number of thioether (sulfide) groups is 1. The van der Waals surface area contributed by atoms with Crippen LogP contribution in [-0.4, -0.2) is 58.6 Å². The van der Waals surface area contributed by atoms with E-state index in [1.54, 1.807) is 0 Å². The fourth-order valence-corrected chi connectivity index (χ4v) is 5.58. The number of piperidine rings is 1. The number of likely N-dealkylation sites (tertiary alicyclic amines) is 1. The summed E-state index contributed by atoms with van der Waals surface area (Å²) >= 11 is 2.88. The highest BCUT2D eigenvalue weighted by molar-refractivity contribution is 8.00. The maximum absolute atomic E-state index is 12.6. The van der Waals surface area contributed by atoms with Crippen LogP contribution in [0.2, 0.25) is 0 Å². The molecule has 1 aliphatic rings. The Kier molecular flexibility index (Phi) is 8.96. The number of carbonyl (C=O) groups excluding carboxylic acids is 2. The lowest BCUT2D eigenvalue weighted by Crippen LogP contribution is -2.44. The first-order valence-corrected chi connectivity index (χ1v) is 12.7. The molecule has 0 bridgehead atoms. The molecule has 0 radical (unpaired) electrons. The Morgan fingerprint density at radius 3 is 2.87 bits per heavy atom. The summed E-state index contributed by atoms with van der Waals surface area (Å²) in [6.07, 6.45) is 4.37. The number of fused-ring (bicyclic) bond motifs is 1. The van der Waals surface area contributed by atoms with E-state index in [0.717, 1.165) is 36.0 Å². The second kappa shape index (κ2) is 11.7. The summed E-state index contributed by atoms with van der Waals surface area (Å²) in [7, 11) is 0. The zero-order valence-corrected chi connectivity index (χ0v) is 19.5. The molecular formula is C22H31N3O3S2. The number of thiazole rings is 1. The zero-order chi connectivity index (χ0) is 21.3. The summed E-state index contributed by atoms with van der Waals surface area (Å²) in [5.41, 5.74) is 1.06. The quantitative estimate of drug-likeness (QED) is 0.548. The van der Waals surface area contributed by atoms with Gasteiger partial charge in [0.25, 0.3) is 5.91 Å². The van der Waals surface area contributed by atoms with E-state index < -0.39 is 0 Å². The minimum Gasteiger partial charge on any atom is -0.380 e. The van der Waals surface area contributed by atoms with Crippen LogP contribution in [0.5, 0.6) is 0 Å². The molecule has 1 unspecified atom stereocenters. The molecule has 1 aromatic carbocycles. The minimum atomic E-state index is -0.199. The largest absolute Gasteiger partial charge is 0.380 e. The first-order valence-electron chi connectivity index (χ1n) is 10.7. The van der Waals surface area contributed by atoms with E-state index in [0.29, 0.717) is 36.4 Å². The van der Waals surface area contributed by atoms with Crippen molar-refractivity contribution in [3.05, 3.63) is 29.1 Å². The molecule has 2 amide bonds. The maximum atomic E-state index is 12.6. The van der Waals surface area contributed by atoms with Gasteiger partial charge in [-0.15, -0.1) is 11.8 Å². The molecule has 2 aromatic rings. The maximum Gasteiger partial charge on any atom is 0.258 e. The van der Waals surface area contributed by atoms with Crippen LogP contribution in [0.25, 0.3) is 10.2 Å². The summed E-state index contributed by atoms with van der Waals surface area (Å²) in [5.74, 6) is 0.508. The van der Waals surface area contributed by atoms with Crippen LogP contribution >= 0.6 is 23.1 Å². The third-order valence-electron chi connectivity index (χ3n) is 5.34. The average molecular weight is 450 g/mol. The average Bonchev–Trinajstić information content (AvgIpc) is 3.10. The van der Waals surface area contributed by atoms with Crippen LogP contribution in [-0.2, 0) is 20.9 Å². The van der Waals surface area contributed by atoms with Gasteiger partial charge in [0, 0.05) is 25.7 Å². The van der Waals surface area contributed by atoms with E-state index in [-0.39, 0.29) is 17.6 Å². The number of ether oxygens (including phenoxy) is 1. The molecule has 8 heteroatoms. The SMILES string of the molecule is CCOCCn1c(=NC(=O)CSCC(=O)N2CCCCC2CC)sc2ccccc21. The number of benzene rings is 1. The van der Waals surface area contributed by atoms with Crippen molar-refractivity contribution in [1.29, 1.82) is 0 Å². The second-order valence-corrected chi connectivity index (χ2v) is 9.34. The van der Waals surface area contributed by atoms with E-state index in [1.807, 2.05) is 40.7 Å². The van der Waals surface area contributed by atoms with Crippen LogP contribution in [0, 0.1) is 0 Å². The smallest absolute Gasteiger partial charge is 0.258 e. The summed E-state index contributed by atoms with van der Waals surface area (Å²) < 4.78 is 8.63. The zero-order valence-electron chi connectivity index (χ0n) is 17.8. The van der Waals surface area contributed by atoms with E-state index >= 15 is 0 Å². The Hall–Kier alpha value is -1.64. The molecule has 1 fully saturated rings. The van der Waals surface area contributed by atoms with Crippen molar-refractivity contribution < 1.29 is 14.3 Å². The van der Waals surface area contributed by atoms with Crippen LogP contribution in [0.4, 0.5) is 0 Å². The summed E-state index contributed by atoms with van der Waals surface area (Å²) in [6.45, 7) is 6.85. The molecule has 0 aliphatic carbocycles. The molecule has 1 aromatic heterocycles. The molecule has 3 rings (SSSR count). The third kappa shape index (κ3) is 5.95. The molecular weight excluding hydrogens is 418 g/mol. The highest BCUT2D eigenvalue weighted by Gasteiger charge is 2.25. The number of amides is 2. The Morgan fingerprint density at radius 1 is 1.23 bits per heavy atom. The van der Waals surface area contributed by atoms with Gasteiger partial charge in [0.2, 0.25) is 5.91 Å². The Balaban J connectivity index is 1.62. The monoisotopic (exact) mass is 449 g/mol. The molecule has 30 heavy (non-hydrogen) atoms. The Bertz CT molecular complexity index is 922. The van der Waals surface area contributed by atoms with Gasteiger partial charge in [-0.3, -0.25) is 9.59 Å². The van der Waals surface area contributed by atoms with Gasteiger partial charge in [-0.1, -0.05) is 30.4 Å². The van der Waals surface area contributed by atoms with Crippen molar-refractivity contribution in [2.75, 3.05) is 31.3 Å². The molecule has 1 atom stereocenters.